The molecule has 1 heterocycles. The molecule has 1 amide bonds. The van der Waals surface area contributed by atoms with E-state index in [0.29, 0.717) is 25.3 Å². The van der Waals surface area contributed by atoms with Crippen LogP contribution in [-0.4, -0.2) is 42.6 Å². The number of nitrogens with zero attached hydrogens (tertiary/aromatic N) is 1. The number of rotatable bonds is 4. The van der Waals surface area contributed by atoms with Gasteiger partial charge in [0.05, 0.1) is 6.61 Å². The fourth-order valence-corrected chi connectivity index (χ4v) is 2.43. The molecule has 1 N–H and O–H groups in total. The number of halogens is 2. The van der Waals surface area contributed by atoms with Gasteiger partial charge in [0, 0.05) is 31.2 Å². The van der Waals surface area contributed by atoms with Gasteiger partial charge in [-0.1, -0.05) is 0 Å². The number of hydrogen-bond acceptors (Lipinski definition) is 3. The Morgan fingerprint density at radius 1 is 1.38 bits per heavy atom. The molecule has 4 nitrogen and oxygen atoms in total. The van der Waals surface area contributed by atoms with Crippen molar-refractivity contribution in [3.05, 3.63) is 35.4 Å². The second-order valence-electron chi connectivity index (χ2n) is 5.61. The Kier molecular flexibility index (Phi) is 4.17. The van der Waals surface area contributed by atoms with Crippen molar-refractivity contribution in [2.75, 3.05) is 19.7 Å². The molecule has 2 aliphatic rings. The van der Waals surface area contributed by atoms with Crippen molar-refractivity contribution in [2.24, 2.45) is 0 Å². The van der Waals surface area contributed by atoms with Gasteiger partial charge in [-0.25, -0.2) is 8.78 Å². The number of hydrogen-bond donors (Lipinski definition) is 1. The van der Waals surface area contributed by atoms with Gasteiger partial charge in [0.1, 0.15) is 17.7 Å². The first-order valence-electron chi connectivity index (χ1n) is 7.20. The van der Waals surface area contributed by atoms with Gasteiger partial charge in [-0.05, 0) is 31.0 Å². The van der Waals surface area contributed by atoms with Crippen molar-refractivity contribution >= 4 is 5.91 Å². The maximum atomic E-state index is 13.7. The summed E-state index contributed by atoms with van der Waals surface area (Å²) in [5, 5.41) is 2.90. The molecule has 1 atom stereocenters. The SMILES string of the molecule is O=C(NC1CC1)C1CN(Cc2cc(F)ccc2F)CCO1. The van der Waals surface area contributed by atoms with Crippen molar-refractivity contribution in [3.8, 4) is 0 Å². The van der Waals surface area contributed by atoms with Crippen LogP contribution in [0.3, 0.4) is 0 Å². The van der Waals surface area contributed by atoms with E-state index in [9.17, 15) is 13.6 Å². The molecule has 1 aliphatic carbocycles. The third-order valence-electron chi connectivity index (χ3n) is 3.77. The molecule has 6 heteroatoms. The molecule has 1 unspecified atom stereocenters. The van der Waals surface area contributed by atoms with Gasteiger partial charge in [0.2, 0.25) is 0 Å². The summed E-state index contributed by atoms with van der Waals surface area (Å²) in [5.41, 5.74) is 0.304. The molecule has 0 bridgehead atoms. The van der Waals surface area contributed by atoms with Crippen LogP contribution in [-0.2, 0) is 16.1 Å². The van der Waals surface area contributed by atoms with Crippen LogP contribution in [0.25, 0.3) is 0 Å². The lowest BCUT2D eigenvalue weighted by molar-refractivity contribution is -0.139. The molecule has 1 aromatic carbocycles. The summed E-state index contributed by atoms with van der Waals surface area (Å²) in [6.07, 6.45) is 1.52. The van der Waals surface area contributed by atoms with Gasteiger partial charge in [-0.3, -0.25) is 9.69 Å². The van der Waals surface area contributed by atoms with Gasteiger partial charge < -0.3 is 10.1 Å². The summed E-state index contributed by atoms with van der Waals surface area (Å²) < 4.78 is 32.3. The van der Waals surface area contributed by atoms with E-state index in [0.717, 1.165) is 25.0 Å². The third-order valence-corrected chi connectivity index (χ3v) is 3.77. The smallest absolute Gasteiger partial charge is 0.250 e. The molecule has 1 aliphatic heterocycles. The fourth-order valence-electron chi connectivity index (χ4n) is 2.43. The van der Waals surface area contributed by atoms with Crippen LogP contribution in [0.5, 0.6) is 0 Å². The topological polar surface area (TPSA) is 41.6 Å². The Hall–Kier alpha value is -1.53. The van der Waals surface area contributed by atoms with E-state index in [2.05, 4.69) is 5.32 Å². The molecule has 0 spiro atoms. The van der Waals surface area contributed by atoms with Crippen LogP contribution >= 0.6 is 0 Å². The van der Waals surface area contributed by atoms with E-state index in [1.54, 1.807) is 0 Å². The lowest BCUT2D eigenvalue weighted by atomic mass is 10.1. The molecule has 0 aromatic heterocycles. The number of morpholine rings is 1. The molecule has 1 saturated heterocycles. The number of carbonyl (C=O) groups excluding carboxylic acids is 1. The monoisotopic (exact) mass is 296 g/mol. The summed E-state index contributed by atoms with van der Waals surface area (Å²) in [4.78, 5) is 13.9. The van der Waals surface area contributed by atoms with E-state index < -0.39 is 17.7 Å². The molecule has 0 radical (unpaired) electrons. The standard InChI is InChI=1S/C15H18F2N2O2/c16-11-1-4-13(17)10(7-11)8-19-5-6-21-14(9-19)15(20)18-12-2-3-12/h1,4,7,12,14H,2-3,5-6,8-9H2,(H,18,20). The second kappa shape index (κ2) is 6.07. The quantitative estimate of drug-likeness (QED) is 0.914. The number of carbonyl (C=O) groups is 1. The van der Waals surface area contributed by atoms with E-state index in [4.69, 9.17) is 4.74 Å². The van der Waals surface area contributed by atoms with Crippen molar-refractivity contribution in [1.82, 2.24) is 10.2 Å². The average Bonchev–Trinajstić information content (AvgIpc) is 3.27. The number of amides is 1. The molecule has 21 heavy (non-hydrogen) atoms. The van der Waals surface area contributed by atoms with Gasteiger partial charge in [-0.15, -0.1) is 0 Å². The van der Waals surface area contributed by atoms with E-state index >= 15 is 0 Å². The Labute approximate surface area is 122 Å². The molecular weight excluding hydrogens is 278 g/mol. The summed E-state index contributed by atoms with van der Waals surface area (Å²) in [5.74, 6) is -0.994. The lowest BCUT2D eigenvalue weighted by Gasteiger charge is -2.32. The number of ether oxygens (including phenoxy) is 1. The Morgan fingerprint density at radius 2 is 2.19 bits per heavy atom. The molecule has 1 saturated carbocycles. The van der Waals surface area contributed by atoms with Gasteiger partial charge in [0.25, 0.3) is 5.91 Å². The molecular formula is C15H18F2N2O2. The molecule has 114 valence electrons. The van der Waals surface area contributed by atoms with Crippen molar-refractivity contribution < 1.29 is 18.3 Å². The van der Waals surface area contributed by atoms with E-state index in [1.165, 1.54) is 6.07 Å². The summed E-state index contributed by atoms with van der Waals surface area (Å²) in [7, 11) is 0. The van der Waals surface area contributed by atoms with Gasteiger partial charge >= 0.3 is 0 Å². The fraction of sp³-hybridized carbons (Fsp3) is 0.533. The molecule has 3 rings (SSSR count). The highest BCUT2D eigenvalue weighted by Gasteiger charge is 2.31. The van der Waals surface area contributed by atoms with Crippen LogP contribution in [0, 0.1) is 11.6 Å². The highest BCUT2D eigenvalue weighted by atomic mass is 19.1. The van der Waals surface area contributed by atoms with E-state index in [-0.39, 0.29) is 18.5 Å². The first kappa shape index (κ1) is 14.4. The predicted molar refractivity (Wildman–Crippen MR) is 72.5 cm³/mol. The maximum absolute atomic E-state index is 13.7. The average molecular weight is 296 g/mol. The Bertz CT molecular complexity index is 534. The highest BCUT2D eigenvalue weighted by Crippen LogP contribution is 2.20. The zero-order valence-electron chi connectivity index (χ0n) is 11.6. The summed E-state index contributed by atoms with van der Waals surface area (Å²) in [6, 6.07) is 3.72. The zero-order chi connectivity index (χ0) is 14.8. The Morgan fingerprint density at radius 3 is 2.95 bits per heavy atom. The number of nitrogens with one attached hydrogen (secondary N) is 1. The van der Waals surface area contributed by atoms with Crippen LogP contribution < -0.4 is 5.32 Å². The summed E-state index contributed by atoms with van der Waals surface area (Å²) >= 11 is 0. The first-order chi connectivity index (χ1) is 10.1. The zero-order valence-corrected chi connectivity index (χ0v) is 11.6. The summed E-state index contributed by atoms with van der Waals surface area (Å²) in [6.45, 7) is 1.69. The van der Waals surface area contributed by atoms with Crippen molar-refractivity contribution in [2.45, 2.75) is 31.5 Å². The van der Waals surface area contributed by atoms with Crippen molar-refractivity contribution in [3.63, 3.8) is 0 Å². The normalized spacial score (nSPS) is 23.0. The van der Waals surface area contributed by atoms with Crippen LogP contribution in [0.4, 0.5) is 8.78 Å². The third kappa shape index (κ3) is 3.77. The lowest BCUT2D eigenvalue weighted by Crippen LogP contribution is -2.49. The van der Waals surface area contributed by atoms with Crippen LogP contribution in [0.1, 0.15) is 18.4 Å². The minimum Gasteiger partial charge on any atom is -0.366 e. The van der Waals surface area contributed by atoms with Crippen LogP contribution in [0.15, 0.2) is 18.2 Å². The Balaban J connectivity index is 1.60. The van der Waals surface area contributed by atoms with Gasteiger partial charge in [-0.2, -0.15) is 0 Å². The molecule has 2 fully saturated rings. The van der Waals surface area contributed by atoms with Gasteiger partial charge in [0.15, 0.2) is 0 Å². The maximum Gasteiger partial charge on any atom is 0.250 e. The highest BCUT2D eigenvalue weighted by molar-refractivity contribution is 5.81. The number of benzene rings is 1. The van der Waals surface area contributed by atoms with Crippen LogP contribution in [0.2, 0.25) is 0 Å². The minimum absolute atomic E-state index is 0.109. The van der Waals surface area contributed by atoms with Crippen molar-refractivity contribution in [1.29, 1.82) is 0 Å². The molecule has 1 aromatic rings. The first-order valence-corrected chi connectivity index (χ1v) is 7.20. The minimum atomic E-state index is -0.532. The van der Waals surface area contributed by atoms with E-state index in [1.807, 2.05) is 4.90 Å². The largest absolute Gasteiger partial charge is 0.366 e. The predicted octanol–water partition coefficient (Wildman–Crippen LogP) is 1.44. The second-order valence-corrected chi connectivity index (χ2v) is 5.61.